The summed E-state index contributed by atoms with van der Waals surface area (Å²) in [5.41, 5.74) is 1.63. The smallest absolute Gasteiger partial charge is 0.337 e. The van der Waals surface area contributed by atoms with Gasteiger partial charge in [0.1, 0.15) is 5.82 Å². The van der Waals surface area contributed by atoms with Gasteiger partial charge in [-0.15, -0.1) is 0 Å². The fourth-order valence-electron chi connectivity index (χ4n) is 2.31. The van der Waals surface area contributed by atoms with E-state index >= 15 is 0 Å². The van der Waals surface area contributed by atoms with Crippen molar-refractivity contribution in [3.8, 4) is 0 Å². The van der Waals surface area contributed by atoms with E-state index in [9.17, 15) is 9.90 Å². The van der Waals surface area contributed by atoms with E-state index in [1.165, 1.54) is 0 Å². The van der Waals surface area contributed by atoms with Gasteiger partial charge in [-0.2, -0.15) is 0 Å². The maximum Gasteiger partial charge on any atom is 0.337 e. The van der Waals surface area contributed by atoms with Gasteiger partial charge in [-0.1, -0.05) is 13.0 Å². The standard InChI is InChI=1S/C14H18N2O2/c1-5-14(3,4)16-9(2)15-11-8-6-7-10(12(11)16)13(17)18/h6-8H,5H2,1-4H3,(H,17,18). The summed E-state index contributed by atoms with van der Waals surface area (Å²) in [5.74, 6) is -0.0563. The zero-order valence-electron chi connectivity index (χ0n) is 11.2. The number of nitrogens with zero attached hydrogens (tertiary/aromatic N) is 2. The van der Waals surface area contributed by atoms with Crippen molar-refractivity contribution in [1.29, 1.82) is 0 Å². The molecule has 0 atom stereocenters. The topological polar surface area (TPSA) is 55.1 Å². The number of imidazole rings is 1. The van der Waals surface area contributed by atoms with E-state index in [-0.39, 0.29) is 5.54 Å². The minimum atomic E-state index is -0.909. The van der Waals surface area contributed by atoms with Crippen LogP contribution < -0.4 is 0 Å². The molecule has 0 saturated heterocycles. The van der Waals surface area contributed by atoms with E-state index in [0.717, 1.165) is 17.8 Å². The van der Waals surface area contributed by atoms with E-state index in [4.69, 9.17) is 0 Å². The van der Waals surface area contributed by atoms with Crippen molar-refractivity contribution in [2.75, 3.05) is 0 Å². The molecule has 0 aliphatic rings. The SMILES string of the molecule is CCC(C)(C)n1c(C)nc2cccc(C(=O)O)c21. The highest BCUT2D eigenvalue weighted by atomic mass is 16.4. The predicted molar refractivity (Wildman–Crippen MR) is 71.0 cm³/mol. The van der Waals surface area contributed by atoms with Gasteiger partial charge in [0.05, 0.1) is 16.6 Å². The minimum absolute atomic E-state index is 0.148. The molecule has 4 heteroatoms. The van der Waals surface area contributed by atoms with Gasteiger partial charge in [0.25, 0.3) is 0 Å². The molecule has 2 rings (SSSR count). The molecule has 0 amide bonds. The molecule has 1 aromatic carbocycles. The Balaban J connectivity index is 2.88. The number of hydrogen-bond donors (Lipinski definition) is 1. The molecule has 0 aliphatic heterocycles. The summed E-state index contributed by atoms with van der Waals surface area (Å²) in [7, 11) is 0. The van der Waals surface area contributed by atoms with Crippen LogP contribution in [0.15, 0.2) is 18.2 Å². The summed E-state index contributed by atoms with van der Waals surface area (Å²) < 4.78 is 2.03. The highest BCUT2D eigenvalue weighted by Gasteiger charge is 2.25. The molecule has 1 N–H and O–H groups in total. The Bertz CT molecular complexity index is 612. The second kappa shape index (κ2) is 4.12. The number of carboxylic acids is 1. The molecule has 2 aromatic rings. The molecule has 96 valence electrons. The summed E-state index contributed by atoms with van der Waals surface area (Å²) in [5, 5.41) is 9.31. The van der Waals surface area contributed by atoms with Gasteiger partial charge in [-0.25, -0.2) is 9.78 Å². The first-order valence-corrected chi connectivity index (χ1v) is 6.10. The zero-order valence-corrected chi connectivity index (χ0v) is 11.2. The molecule has 0 fully saturated rings. The number of aryl methyl sites for hydroxylation is 1. The van der Waals surface area contributed by atoms with Crippen molar-refractivity contribution in [1.82, 2.24) is 9.55 Å². The van der Waals surface area contributed by atoms with E-state index in [1.807, 2.05) is 17.6 Å². The summed E-state index contributed by atoms with van der Waals surface area (Å²) >= 11 is 0. The monoisotopic (exact) mass is 246 g/mol. The van der Waals surface area contributed by atoms with Crippen LogP contribution in [0.3, 0.4) is 0 Å². The lowest BCUT2D eigenvalue weighted by molar-refractivity contribution is 0.0698. The highest BCUT2D eigenvalue weighted by molar-refractivity contribution is 6.01. The average molecular weight is 246 g/mol. The molecule has 0 spiro atoms. The lowest BCUT2D eigenvalue weighted by atomic mass is 10.0. The third-order valence-corrected chi connectivity index (χ3v) is 3.55. The quantitative estimate of drug-likeness (QED) is 0.904. The largest absolute Gasteiger partial charge is 0.478 e. The lowest BCUT2D eigenvalue weighted by Gasteiger charge is -2.27. The van der Waals surface area contributed by atoms with Crippen LogP contribution in [0.2, 0.25) is 0 Å². The fourth-order valence-corrected chi connectivity index (χ4v) is 2.31. The number of rotatable bonds is 3. The first kappa shape index (κ1) is 12.6. The number of carbonyl (C=O) groups is 1. The molecule has 4 nitrogen and oxygen atoms in total. The van der Waals surface area contributed by atoms with Crippen molar-refractivity contribution >= 4 is 17.0 Å². The van der Waals surface area contributed by atoms with Crippen LogP contribution in [0.25, 0.3) is 11.0 Å². The number of fused-ring (bicyclic) bond motifs is 1. The molecule has 1 heterocycles. The Kier molecular flexibility index (Phi) is 2.89. The normalized spacial score (nSPS) is 12.0. The van der Waals surface area contributed by atoms with Crippen molar-refractivity contribution in [3.63, 3.8) is 0 Å². The van der Waals surface area contributed by atoms with Gasteiger partial charge in [0.2, 0.25) is 0 Å². The van der Waals surface area contributed by atoms with Gasteiger partial charge >= 0.3 is 5.97 Å². The van der Waals surface area contributed by atoms with Crippen LogP contribution in [0.4, 0.5) is 0 Å². The number of aromatic carboxylic acids is 1. The van der Waals surface area contributed by atoms with Gasteiger partial charge in [0.15, 0.2) is 0 Å². The van der Waals surface area contributed by atoms with E-state index in [1.54, 1.807) is 12.1 Å². The van der Waals surface area contributed by atoms with Gasteiger partial charge < -0.3 is 9.67 Å². The minimum Gasteiger partial charge on any atom is -0.478 e. The predicted octanol–water partition coefficient (Wildman–Crippen LogP) is 3.19. The Hall–Kier alpha value is -1.84. The van der Waals surface area contributed by atoms with E-state index in [0.29, 0.717) is 11.1 Å². The Labute approximate surface area is 106 Å². The lowest BCUT2D eigenvalue weighted by Crippen LogP contribution is -2.27. The van der Waals surface area contributed by atoms with Crippen LogP contribution in [-0.2, 0) is 5.54 Å². The second-order valence-corrected chi connectivity index (χ2v) is 5.14. The summed E-state index contributed by atoms with van der Waals surface area (Å²) in [6.45, 7) is 8.21. The zero-order chi connectivity index (χ0) is 13.5. The Morgan fingerprint density at radius 2 is 2.11 bits per heavy atom. The van der Waals surface area contributed by atoms with E-state index < -0.39 is 5.97 Å². The van der Waals surface area contributed by atoms with Crippen molar-refractivity contribution in [3.05, 3.63) is 29.6 Å². The molecule has 1 aromatic heterocycles. The fraction of sp³-hybridized carbons (Fsp3) is 0.429. The number of para-hydroxylation sites is 1. The highest BCUT2D eigenvalue weighted by Crippen LogP contribution is 2.29. The van der Waals surface area contributed by atoms with Crippen LogP contribution in [-0.4, -0.2) is 20.6 Å². The van der Waals surface area contributed by atoms with Crippen LogP contribution >= 0.6 is 0 Å². The van der Waals surface area contributed by atoms with Gasteiger partial charge in [0, 0.05) is 5.54 Å². The van der Waals surface area contributed by atoms with Gasteiger partial charge in [-0.3, -0.25) is 0 Å². The van der Waals surface area contributed by atoms with Crippen LogP contribution in [0, 0.1) is 6.92 Å². The molecule has 0 bridgehead atoms. The molecular weight excluding hydrogens is 228 g/mol. The van der Waals surface area contributed by atoms with Crippen molar-refractivity contribution in [2.45, 2.75) is 39.7 Å². The molecule has 18 heavy (non-hydrogen) atoms. The maximum absolute atomic E-state index is 11.4. The second-order valence-electron chi connectivity index (χ2n) is 5.14. The average Bonchev–Trinajstić information content (AvgIpc) is 2.64. The van der Waals surface area contributed by atoms with Crippen molar-refractivity contribution in [2.24, 2.45) is 0 Å². The molecular formula is C14H18N2O2. The molecule has 0 radical (unpaired) electrons. The Morgan fingerprint density at radius 3 is 2.67 bits per heavy atom. The third-order valence-electron chi connectivity index (χ3n) is 3.55. The van der Waals surface area contributed by atoms with E-state index in [2.05, 4.69) is 25.8 Å². The summed E-state index contributed by atoms with van der Waals surface area (Å²) in [6.07, 6.45) is 0.910. The summed E-state index contributed by atoms with van der Waals surface area (Å²) in [4.78, 5) is 15.8. The third kappa shape index (κ3) is 1.78. The number of hydrogen-bond acceptors (Lipinski definition) is 2. The number of aromatic nitrogens is 2. The van der Waals surface area contributed by atoms with Crippen LogP contribution in [0.1, 0.15) is 43.4 Å². The number of benzene rings is 1. The molecule has 0 aliphatic carbocycles. The molecule has 0 saturated carbocycles. The van der Waals surface area contributed by atoms with Crippen molar-refractivity contribution < 1.29 is 9.90 Å². The number of carboxylic acid groups (broad SMARTS) is 1. The summed E-state index contributed by atoms with van der Waals surface area (Å²) in [6, 6.07) is 5.23. The first-order valence-electron chi connectivity index (χ1n) is 6.10. The van der Waals surface area contributed by atoms with Crippen LogP contribution in [0.5, 0.6) is 0 Å². The van der Waals surface area contributed by atoms with Gasteiger partial charge in [-0.05, 0) is 39.3 Å². The molecule has 0 unspecified atom stereocenters. The Morgan fingerprint density at radius 1 is 1.44 bits per heavy atom. The maximum atomic E-state index is 11.4. The first-order chi connectivity index (χ1) is 8.38.